The first kappa shape index (κ1) is 11.0. The van der Waals surface area contributed by atoms with Crippen molar-refractivity contribution in [1.29, 1.82) is 0 Å². The van der Waals surface area contributed by atoms with E-state index in [-0.39, 0.29) is 0 Å². The predicted octanol–water partition coefficient (Wildman–Crippen LogP) is 3.04. The average Bonchev–Trinajstić information content (AvgIpc) is 2.28. The summed E-state index contributed by atoms with van der Waals surface area (Å²) in [6.07, 6.45) is 4.05. The molecular weight excluding hydrogens is 158 g/mol. The van der Waals surface area contributed by atoms with Gasteiger partial charge in [-0.15, -0.1) is 0 Å². The molecule has 0 aliphatic heterocycles. The summed E-state index contributed by atoms with van der Waals surface area (Å²) in [5, 5.41) is 0. The third kappa shape index (κ3) is 2.98. The van der Waals surface area contributed by atoms with Gasteiger partial charge in [-0.2, -0.15) is 0 Å². The lowest BCUT2D eigenvalue weighted by molar-refractivity contribution is 0.267. The van der Waals surface area contributed by atoms with Gasteiger partial charge in [-0.25, -0.2) is 0 Å². The van der Waals surface area contributed by atoms with Gasteiger partial charge in [0, 0.05) is 6.04 Å². The van der Waals surface area contributed by atoms with E-state index in [0.29, 0.717) is 6.04 Å². The minimum absolute atomic E-state index is 0.373. The molecule has 0 radical (unpaired) electrons. The Hall–Kier alpha value is -0.0400. The van der Waals surface area contributed by atoms with Crippen LogP contribution in [0.3, 0.4) is 0 Å². The van der Waals surface area contributed by atoms with Gasteiger partial charge in [-0.3, -0.25) is 0 Å². The zero-order valence-electron chi connectivity index (χ0n) is 9.59. The van der Waals surface area contributed by atoms with E-state index in [1.807, 2.05) is 0 Å². The highest BCUT2D eigenvalue weighted by atomic mass is 14.6. The van der Waals surface area contributed by atoms with Crippen molar-refractivity contribution in [2.24, 2.45) is 29.4 Å². The minimum Gasteiger partial charge on any atom is -0.328 e. The molecule has 5 atom stereocenters. The van der Waals surface area contributed by atoms with Crippen LogP contribution in [0.5, 0.6) is 0 Å². The van der Waals surface area contributed by atoms with Crippen molar-refractivity contribution in [2.75, 3.05) is 0 Å². The van der Waals surface area contributed by atoms with Gasteiger partial charge in [0.15, 0.2) is 0 Å². The normalized spacial score (nSPS) is 39.0. The van der Waals surface area contributed by atoms with Gasteiger partial charge in [0.05, 0.1) is 0 Å². The lowest BCUT2D eigenvalue weighted by atomic mass is 9.82. The predicted molar refractivity (Wildman–Crippen MR) is 58.5 cm³/mol. The van der Waals surface area contributed by atoms with E-state index >= 15 is 0 Å². The van der Waals surface area contributed by atoms with Crippen LogP contribution in [-0.4, -0.2) is 6.04 Å². The van der Waals surface area contributed by atoms with E-state index in [1.165, 1.54) is 19.3 Å². The maximum atomic E-state index is 5.84. The minimum atomic E-state index is 0.373. The lowest BCUT2D eigenvalue weighted by Gasteiger charge is -2.24. The Labute approximate surface area is 83.1 Å². The highest BCUT2D eigenvalue weighted by Crippen LogP contribution is 2.41. The average molecular weight is 183 g/mol. The maximum absolute atomic E-state index is 5.84. The van der Waals surface area contributed by atoms with Crippen LogP contribution in [-0.2, 0) is 0 Å². The fourth-order valence-corrected chi connectivity index (χ4v) is 3.16. The van der Waals surface area contributed by atoms with Crippen molar-refractivity contribution in [1.82, 2.24) is 0 Å². The van der Waals surface area contributed by atoms with Crippen molar-refractivity contribution in [2.45, 2.75) is 53.0 Å². The quantitative estimate of drug-likeness (QED) is 0.715. The number of rotatable bonds is 3. The summed E-state index contributed by atoms with van der Waals surface area (Å²) >= 11 is 0. The Bertz CT molecular complexity index is 153. The Morgan fingerprint density at radius 3 is 2.23 bits per heavy atom. The summed E-state index contributed by atoms with van der Waals surface area (Å²) < 4.78 is 0. The molecule has 0 spiro atoms. The van der Waals surface area contributed by atoms with Crippen LogP contribution in [0.4, 0.5) is 0 Å². The molecule has 0 aromatic rings. The highest BCUT2D eigenvalue weighted by molar-refractivity contribution is 4.83. The van der Waals surface area contributed by atoms with Crippen molar-refractivity contribution >= 4 is 0 Å². The first-order valence-electron chi connectivity index (χ1n) is 5.76. The van der Waals surface area contributed by atoms with Crippen LogP contribution in [0.15, 0.2) is 0 Å². The molecule has 1 aliphatic carbocycles. The van der Waals surface area contributed by atoms with E-state index in [4.69, 9.17) is 5.73 Å². The summed E-state index contributed by atoms with van der Waals surface area (Å²) in [6, 6.07) is 0.373. The van der Waals surface area contributed by atoms with Crippen LogP contribution in [0, 0.1) is 23.7 Å². The molecular formula is C12H25N. The van der Waals surface area contributed by atoms with Gasteiger partial charge < -0.3 is 5.73 Å². The van der Waals surface area contributed by atoms with Crippen LogP contribution in [0.1, 0.15) is 47.0 Å². The van der Waals surface area contributed by atoms with E-state index in [9.17, 15) is 0 Å². The van der Waals surface area contributed by atoms with Crippen LogP contribution in [0.25, 0.3) is 0 Å². The molecule has 0 bridgehead atoms. The number of hydrogen-bond donors (Lipinski definition) is 1. The van der Waals surface area contributed by atoms with Gasteiger partial charge in [0.25, 0.3) is 0 Å². The standard InChI is InChI=1S/C12H25N/c1-8-5-9(2)12(6-8)10(3)7-11(4)13/h8-12H,5-7,13H2,1-4H3/t8?,9-,10?,11?,12?/m1/s1. The van der Waals surface area contributed by atoms with Gasteiger partial charge in [-0.05, 0) is 49.9 Å². The highest BCUT2D eigenvalue weighted by Gasteiger charge is 2.32. The molecule has 1 rings (SSSR count). The van der Waals surface area contributed by atoms with Gasteiger partial charge in [0.1, 0.15) is 0 Å². The third-order valence-electron chi connectivity index (χ3n) is 3.65. The fraction of sp³-hybridized carbons (Fsp3) is 1.00. The fourth-order valence-electron chi connectivity index (χ4n) is 3.16. The van der Waals surface area contributed by atoms with Gasteiger partial charge >= 0.3 is 0 Å². The third-order valence-corrected chi connectivity index (χ3v) is 3.65. The largest absolute Gasteiger partial charge is 0.328 e. The molecule has 78 valence electrons. The summed E-state index contributed by atoms with van der Waals surface area (Å²) in [5.74, 6) is 3.61. The van der Waals surface area contributed by atoms with E-state index in [2.05, 4.69) is 27.7 Å². The molecule has 0 aromatic heterocycles. The van der Waals surface area contributed by atoms with E-state index in [1.54, 1.807) is 0 Å². The summed E-state index contributed by atoms with van der Waals surface area (Å²) in [7, 11) is 0. The molecule has 1 saturated carbocycles. The second-order valence-corrected chi connectivity index (χ2v) is 5.41. The topological polar surface area (TPSA) is 26.0 Å². The van der Waals surface area contributed by atoms with Gasteiger partial charge in [0.2, 0.25) is 0 Å². The second kappa shape index (κ2) is 4.45. The molecule has 2 N–H and O–H groups in total. The first-order chi connectivity index (χ1) is 6.00. The second-order valence-electron chi connectivity index (χ2n) is 5.41. The molecule has 0 amide bonds. The van der Waals surface area contributed by atoms with Crippen molar-refractivity contribution in [3.05, 3.63) is 0 Å². The van der Waals surface area contributed by atoms with Crippen molar-refractivity contribution in [3.8, 4) is 0 Å². The number of nitrogens with two attached hydrogens (primary N) is 1. The molecule has 1 nitrogen and oxygen atoms in total. The molecule has 4 unspecified atom stereocenters. The summed E-state index contributed by atoms with van der Waals surface area (Å²) in [6.45, 7) is 9.29. The zero-order valence-corrected chi connectivity index (χ0v) is 9.59. The maximum Gasteiger partial charge on any atom is 0.00131 e. The number of hydrogen-bond acceptors (Lipinski definition) is 1. The molecule has 1 fully saturated rings. The lowest BCUT2D eigenvalue weighted by Crippen LogP contribution is -2.24. The van der Waals surface area contributed by atoms with Crippen LogP contribution >= 0.6 is 0 Å². The Balaban J connectivity index is 2.42. The van der Waals surface area contributed by atoms with Crippen molar-refractivity contribution < 1.29 is 0 Å². The van der Waals surface area contributed by atoms with Crippen molar-refractivity contribution in [3.63, 3.8) is 0 Å². The smallest absolute Gasteiger partial charge is 0.00131 e. The van der Waals surface area contributed by atoms with Crippen LogP contribution < -0.4 is 5.73 Å². The monoisotopic (exact) mass is 183 g/mol. The zero-order chi connectivity index (χ0) is 10.0. The summed E-state index contributed by atoms with van der Waals surface area (Å²) in [5.41, 5.74) is 5.84. The molecule has 0 saturated heterocycles. The van der Waals surface area contributed by atoms with Gasteiger partial charge in [-0.1, -0.05) is 20.8 Å². The molecule has 1 heteroatoms. The molecule has 13 heavy (non-hydrogen) atoms. The molecule has 1 aliphatic rings. The Morgan fingerprint density at radius 2 is 1.85 bits per heavy atom. The Kier molecular flexibility index (Phi) is 3.78. The van der Waals surface area contributed by atoms with E-state index < -0.39 is 0 Å². The SMILES string of the molecule is CC(N)CC(C)C1CC(C)C[C@H]1C. The van der Waals surface area contributed by atoms with Crippen LogP contribution in [0.2, 0.25) is 0 Å². The molecule has 0 heterocycles. The Morgan fingerprint density at radius 1 is 1.23 bits per heavy atom. The first-order valence-corrected chi connectivity index (χ1v) is 5.76. The summed E-state index contributed by atoms with van der Waals surface area (Å²) in [4.78, 5) is 0. The molecule has 0 aromatic carbocycles. The van der Waals surface area contributed by atoms with E-state index in [0.717, 1.165) is 23.7 Å².